The van der Waals surface area contributed by atoms with Crippen LogP contribution in [0.3, 0.4) is 0 Å². The third-order valence-corrected chi connectivity index (χ3v) is 4.51. The number of carbonyl (C=O) groups excluding carboxylic acids is 1. The van der Waals surface area contributed by atoms with Crippen LogP contribution in [-0.2, 0) is 0 Å². The maximum atomic E-state index is 12.4. The summed E-state index contributed by atoms with van der Waals surface area (Å²) in [6.07, 6.45) is 0. The quantitative estimate of drug-likeness (QED) is 0.522. The fourth-order valence-corrected chi connectivity index (χ4v) is 3.06. The van der Waals surface area contributed by atoms with Crippen molar-refractivity contribution in [1.29, 1.82) is 0 Å². The number of benzene rings is 2. The molecular formula is C16H13ClN4OS. The molecule has 0 aliphatic rings. The number of nitrogens with zero attached hydrogens (tertiary/aromatic N) is 4. The van der Waals surface area contributed by atoms with Crippen LogP contribution in [0, 0.1) is 0 Å². The van der Waals surface area contributed by atoms with Crippen LogP contribution in [0.5, 0.6) is 0 Å². The summed E-state index contributed by atoms with van der Waals surface area (Å²) in [5.41, 5.74) is 1.47. The molecule has 0 N–H and O–H groups in total. The lowest BCUT2D eigenvalue weighted by Gasteiger charge is -2.10. The van der Waals surface area contributed by atoms with Crippen LogP contribution in [0.15, 0.2) is 59.8 Å². The Bertz CT molecular complexity index is 804. The van der Waals surface area contributed by atoms with Crippen molar-refractivity contribution in [3.05, 3.63) is 65.2 Å². The molecule has 1 aromatic heterocycles. The summed E-state index contributed by atoms with van der Waals surface area (Å²) in [6, 6.07) is 16.4. The van der Waals surface area contributed by atoms with Crippen molar-refractivity contribution in [2.45, 2.75) is 17.3 Å². The summed E-state index contributed by atoms with van der Waals surface area (Å²) in [5, 5.41) is 12.6. The zero-order chi connectivity index (χ0) is 16.2. The molecule has 0 aliphatic heterocycles. The molecule has 1 unspecified atom stereocenters. The van der Waals surface area contributed by atoms with Gasteiger partial charge in [-0.3, -0.25) is 4.79 Å². The Balaban J connectivity index is 1.80. The number of hydrogen-bond donors (Lipinski definition) is 0. The van der Waals surface area contributed by atoms with Gasteiger partial charge in [0.2, 0.25) is 5.16 Å². The molecule has 3 aromatic rings. The summed E-state index contributed by atoms with van der Waals surface area (Å²) in [6.45, 7) is 1.85. The van der Waals surface area contributed by atoms with E-state index in [1.165, 1.54) is 11.8 Å². The second kappa shape index (κ2) is 6.93. The Morgan fingerprint density at radius 1 is 1.13 bits per heavy atom. The highest BCUT2D eigenvalue weighted by Crippen LogP contribution is 2.25. The first-order valence-corrected chi connectivity index (χ1v) is 8.21. The zero-order valence-corrected chi connectivity index (χ0v) is 13.8. The van der Waals surface area contributed by atoms with Gasteiger partial charge in [0.15, 0.2) is 5.78 Å². The predicted molar refractivity (Wildman–Crippen MR) is 90.3 cm³/mol. The number of hydrogen-bond acceptors (Lipinski definition) is 5. The first-order valence-electron chi connectivity index (χ1n) is 6.95. The summed E-state index contributed by atoms with van der Waals surface area (Å²) >= 11 is 7.22. The van der Waals surface area contributed by atoms with E-state index in [1.54, 1.807) is 16.8 Å². The highest BCUT2D eigenvalue weighted by atomic mass is 35.5. The van der Waals surface area contributed by atoms with E-state index in [-0.39, 0.29) is 11.0 Å². The van der Waals surface area contributed by atoms with Gasteiger partial charge < -0.3 is 0 Å². The third-order valence-electron chi connectivity index (χ3n) is 3.22. The van der Waals surface area contributed by atoms with E-state index in [0.717, 1.165) is 5.69 Å². The van der Waals surface area contributed by atoms with Gasteiger partial charge in [-0.2, -0.15) is 4.68 Å². The van der Waals surface area contributed by atoms with E-state index < -0.39 is 0 Å². The molecule has 2 aromatic carbocycles. The van der Waals surface area contributed by atoms with Gasteiger partial charge in [-0.15, -0.1) is 5.10 Å². The number of ketones is 1. The van der Waals surface area contributed by atoms with Crippen LogP contribution >= 0.6 is 23.4 Å². The van der Waals surface area contributed by atoms with Gasteiger partial charge >= 0.3 is 0 Å². The van der Waals surface area contributed by atoms with Crippen LogP contribution < -0.4 is 0 Å². The lowest BCUT2D eigenvalue weighted by Crippen LogP contribution is -2.14. The van der Waals surface area contributed by atoms with Crippen LogP contribution in [-0.4, -0.2) is 31.2 Å². The number of aromatic nitrogens is 4. The SMILES string of the molecule is CC(Sc1nnnn1-c1ccc(Cl)cc1)C(=O)c1ccccc1. The lowest BCUT2D eigenvalue weighted by atomic mass is 10.1. The molecule has 0 bridgehead atoms. The zero-order valence-electron chi connectivity index (χ0n) is 12.3. The Morgan fingerprint density at radius 3 is 2.52 bits per heavy atom. The maximum absolute atomic E-state index is 12.4. The molecule has 0 aliphatic carbocycles. The van der Waals surface area contributed by atoms with Crippen LogP contribution in [0.25, 0.3) is 5.69 Å². The molecule has 0 amide bonds. The molecule has 0 radical (unpaired) electrons. The standard InChI is InChI=1S/C16H13ClN4OS/c1-11(15(22)12-5-3-2-4-6-12)23-16-18-19-20-21(16)14-9-7-13(17)8-10-14/h2-11H,1H3. The van der Waals surface area contributed by atoms with E-state index in [1.807, 2.05) is 49.4 Å². The first-order chi connectivity index (χ1) is 11.1. The summed E-state index contributed by atoms with van der Waals surface area (Å²) in [4.78, 5) is 12.4. The van der Waals surface area contributed by atoms with E-state index in [0.29, 0.717) is 15.7 Å². The van der Waals surface area contributed by atoms with Crippen LogP contribution in [0.4, 0.5) is 0 Å². The van der Waals surface area contributed by atoms with Crippen molar-refractivity contribution in [1.82, 2.24) is 20.2 Å². The number of halogens is 1. The number of carbonyl (C=O) groups is 1. The van der Waals surface area contributed by atoms with Crippen molar-refractivity contribution < 1.29 is 4.79 Å². The second-order valence-corrected chi connectivity index (χ2v) is 6.58. The smallest absolute Gasteiger partial charge is 0.214 e. The maximum Gasteiger partial charge on any atom is 0.214 e. The Labute approximate surface area is 142 Å². The van der Waals surface area contributed by atoms with E-state index in [9.17, 15) is 4.79 Å². The van der Waals surface area contributed by atoms with E-state index in [4.69, 9.17) is 11.6 Å². The molecule has 0 fully saturated rings. The molecule has 3 rings (SSSR count). The lowest BCUT2D eigenvalue weighted by molar-refractivity contribution is 0.0994. The number of rotatable bonds is 5. The first kappa shape index (κ1) is 15.7. The summed E-state index contributed by atoms with van der Waals surface area (Å²) < 4.78 is 1.59. The molecule has 0 saturated carbocycles. The van der Waals surface area contributed by atoms with Gasteiger partial charge in [0.05, 0.1) is 10.9 Å². The van der Waals surface area contributed by atoms with Crippen LogP contribution in [0.1, 0.15) is 17.3 Å². The molecule has 7 heteroatoms. The fourth-order valence-electron chi connectivity index (χ4n) is 2.05. The minimum Gasteiger partial charge on any atom is -0.293 e. The average molecular weight is 345 g/mol. The normalized spacial score (nSPS) is 12.1. The average Bonchev–Trinajstić information content (AvgIpc) is 3.03. The molecular weight excluding hydrogens is 332 g/mol. The van der Waals surface area contributed by atoms with Gasteiger partial charge in [-0.05, 0) is 41.6 Å². The second-order valence-electron chi connectivity index (χ2n) is 4.84. The molecule has 5 nitrogen and oxygen atoms in total. The van der Waals surface area contributed by atoms with Gasteiger partial charge in [0.1, 0.15) is 0 Å². The molecule has 1 heterocycles. The summed E-state index contributed by atoms with van der Waals surface area (Å²) in [5.74, 6) is 0.0428. The fraction of sp³-hybridized carbons (Fsp3) is 0.125. The monoisotopic (exact) mass is 344 g/mol. The topological polar surface area (TPSA) is 60.7 Å². The number of Topliss-reactive ketones (excluding diaryl/α,β-unsaturated/α-hetero) is 1. The van der Waals surface area contributed by atoms with Gasteiger partial charge in [0, 0.05) is 10.6 Å². The minimum absolute atomic E-state index is 0.0428. The van der Waals surface area contributed by atoms with Gasteiger partial charge in [-0.1, -0.05) is 53.7 Å². The highest BCUT2D eigenvalue weighted by molar-refractivity contribution is 8.00. The van der Waals surface area contributed by atoms with Crippen molar-refractivity contribution in [2.75, 3.05) is 0 Å². The van der Waals surface area contributed by atoms with Crippen LogP contribution in [0.2, 0.25) is 5.02 Å². The third kappa shape index (κ3) is 3.60. The van der Waals surface area contributed by atoms with Crippen molar-refractivity contribution in [2.24, 2.45) is 0 Å². The molecule has 23 heavy (non-hydrogen) atoms. The number of thioether (sulfide) groups is 1. The highest BCUT2D eigenvalue weighted by Gasteiger charge is 2.20. The number of tetrazole rings is 1. The van der Waals surface area contributed by atoms with Crippen molar-refractivity contribution >= 4 is 29.1 Å². The predicted octanol–water partition coefficient (Wildman–Crippen LogP) is 3.68. The molecule has 0 spiro atoms. The van der Waals surface area contributed by atoms with Gasteiger partial charge in [-0.25, -0.2) is 0 Å². The van der Waals surface area contributed by atoms with Crippen molar-refractivity contribution in [3.8, 4) is 5.69 Å². The minimum atomic E-state index is -0.297. The van der Waals surface area contributed by atoms with Crippen molar-refractivity contribution in [3.63, 3.8) is 0 Å². The van der Waals surface area contributed by atoms with E-state index in [2.05, 4.69) is 15.5 Å². The Morgan fingerprint density at radius 2 is 1.83 bits per heavy atom. The summed E-state index contributed by atoms with van der Waals surface area (Å²) in [7, 11) is 0. The van der Waals surface area contributed by atoms with E-state index >= 15 is 0 Å². The molecule has 116 valence electrons. The molecule has 1 atom stereocenters. The Kier molecular flexibility index (Phi) is 4.73. The largest absolute Gasteiger partial charge is 0.293 e. The van der Waals surface area contributed by atoms with Gasteiger partial charge in [0.25, 0.3) is 0 Å². The molecule has 0 saturated heterocycles. The Hall–Kier alpha value is -2.18.